The predicted octanol–water partition coefficient (Wildman–Crippen LogP) is 4.01. The Morgan fingerprint density at radius 2 is 1.50 bits per heavy atom. The van der Waals surface area contributed by atoms with E-state index in [9.17, 15) is 4.79 Å². The number of anilines is 1. The first-order valence-electron chi connectivity index (χ1n) is 7.77. The standard InChI is InChI=1S/C18H18Cl2N2O2/c19-14-3-1-13(2-4-14)17(22-9-11-24-12-10-22)18(23)21-16-7-5-15(20)6-8-16/h1-8,17H,9-12H2,(H,21,23)/t17-/m0/s1. The van der Waals surface area contributed by atoms with Gasteiger partial charge in [-0.15, -0.1) is 0 Å². The number of benzene rings is 2. The van der Waals surface area contributed by atoms with Crippen molar-refractivity contribution in [2.24, 2.45) is 0 Å². The lowest BCUT2D eigenvalue weighted by Gasteiger charge is -2.33. The molecule has 0 radical (unpaired) electrons. The summed E-state index contributed by atoms with van der Waals surface area (Å²) in [7, 11) is 0. The first-order chi connectivity index (χ1) is 11.6. The van der Waals surface area contributed by atoms with Crippen molar-refractivity contribution in [1.29, 1.82) is 0 Å². The first kappa shape index (κ1) is 17.2. The second-order valence-electron chi connectivity index (χ2n) is 5.60. The van der Waals surface area contributed by atoms with Gasteiger partial charge in [0.05, 0.1) is 13.2 Å². The summed E-state index contributed by atoms with van der Waals surface area (Å²) in [6.45, 7) is 2.67. The van der Waals surface area contributed by atoms with E-state index in [2.05, 4.69) is 10.2 Å². The van der Waals surface area contributed by atoms with Crippen LogP contribution in [0.5, 0.6) is 0 Å². The van der Waals surface area contributed by atoms with Gasteiger partial charge in [0.15, 0.2) is 0 Å². The van der Waals surface area contributed by atoms with E-state index in [1.165, 1.54) is 0 Å². The summed E-state index contributed by atoms with van der Waals surface area (Å²) in [4.78, 5) is 15.0. The van der Waals surface area contributed by atoms with Gasteiger partial charge >= 0.3 is 0 Å². The molecule has 0 saturated carbocycles. The van der Waals surface area contributed by atoms with E-state index < -0.39 is 0 Å². The second-order valence-corrected chi connectivity index (χ2v) is 6.47. The number of ether oxygens (including phenoxy) is 1. The minimum Gasteiger partial charge on any atom is -0.379 e. The van der Waals surface area contributed by atoms with Crippen LogP contribution in [0.2, 0.25) is 10.0 Å². The van der Waals surface area contributed by atoms with Gasteiger partial charge in [-0.25, -0.2) is 0 Å². The highest BCUT2D eigenvalue weighted by Crippen LogP contribution is 2.25. The van der Waals surface area contributed by atoms with Crippen LogP contribution in [-0.2, 0) is 9.53 Å². The Morgan fingerprint density at radius 1 is 0.958 bits per heavy atom. The molecule has 24 heavy (non-hydrogen) atoms. The zero-order chi connectivity index (χ0) is 16.9. The molecular weight excluding hydrogens is 347 g/mol. The summed E-state index contributed by atoms with van der Waals surface area (Å²) < 4.78 is 5.41. The van der Waals surface area contributed by atoms with Gasteiger partial charge in [0.1, 0.15) is 6.04 Å². The number of amides is 1. The van der Waals surface area contributed by atoms with Gasteiger partial charge in [-0.1, -0.05) is 35.3 Å². The Morgan fingerprint density at radius 3 is 2.08 bits per heavy atom. The highest BCUT2D eigenvalue weighted by atomic mass is 35.5. The Bertz CT molecular complexity index is 683. The van der Waals surface area contributed by atoms with Gasteiger partial charge in [-0.05, 0) is 42.0 Å². The number of morpholine rings is 1. The SMILES string of the molecule is O=C(Nc1ccc(Cl)cc1)[C@H](c1ccc(Cl)cc1)N1CCOCC1. The van der Waals surface area contributed by atoms with Gasteiger partial charge in [0, 0.05) is 28.8 Å². The molecule has 2 aromatic carbocycles. The van der Waals surface area contributed by atoms with Crippen LogP contribution in [-0.4, -0.2) is 37.1 Å². The van der Waals surface area contributed by atoms with E-state index in [0.717, 1.165) is 11.3 Å². The molecule has 126 valence electrons. The summed E-state index contributed by atoms with van der Waals surface area (Å²) in [6, 6.07) is 14.1. The molecule has 1 atom stereocenters. The van der Waals surface area contributed by atoms with Gasteiger partial charge in [0.2, 0.25) is 5.91 Å². The fraction of sp³-hybridized carbons (Fsp3) is 0.278. The van der Waals surface area contributed by atoms with Crippen LogP contribution < -0.4 is 5.32 Å². The molecule has 1 aliphatic rings. The normalized spacial score (nSPS) is 16.6. The smallest absolute Gasteiger partial charge is 0.246 e. The molecule has 0 bridgehead atoms. The molecule has 0 spiro atoms. The van der Waals surface area contributed by atoms with Crippen LogP contribution in [0.25, 0.3) is 0 Å². The zero-order valence-electron chi connectivity index (χ0n) is 13.0. The van der Waals surface area contributed by atoms with E-state index in [1.807, 2.05) is 12.1 Å². The number of halogens is 2. The van der Waals surface area contributed by atoms with Gasteiger partial charge in [0.25, 0.3) is 0 Å². The number of nitrogens with zero attached hydrogens (tertiary/aromatic N) is 1. The minimum atomic E-state index is -0.387. The molecular formula is C18H18Cl2N2O2. The van der Waals surface area contributed by atoms with Crippen molar-refractivity contribution in [2.75, 3.05) is 31.6 Å². The molecule has 0 unspecified atom stereocenters. The van der Waals surface area contributed by atoms with Gasteiger partial charge in [-0.2, -0.15) is 0 Å². The number of nitrogens with one attached hydrogen (secondary N) is 1. The monoisotopic (exact) mass is 364 g/mol. The first-order valence-corrected chi connectivity index (χ1v) is 8.53. The number of hydrogen-bond acceptors (Lipinski definition) is 3. The Balaban J connectivity index is 1.83. The second kappa shape index (κ2) is 7.99. The van der Waals surface area contributed by atoms with Crippen LogP contribution >= 0.6 is 23.2 Å². The lowest BCUT2D eigenvalue weighted by Crippen LogP contribution is -2.43. The highest BCUT2D eigenvalue weighted by Gasteiger charge is 2.29. The van der Waals surface area contributed by atoms with Crippen molar-refractivity contribution >= 4 is 34.8 Å². The lowest BCUT2D eigenvalue weighted by molar-refractivity contribution is -0.123. The van der Waals surface area contributed by atoms with Crippen LogP contribution in [0.15, 0.2) is 48.5 Å². The third kappa shape index (κ3) is 4.28. The van der Waals surface area contributed by atoms with Crippen molar-refractivity contribution in [3.05, 3.63) is 64.1 Å². The maximum absolute atomic E-state index is 12.9. The van der Waals surface area contributed by atoms with Crippen molar-refractivity contribution in [3.63, 3.8) is 0 Å². The molecule has 4 nitrogen and oxygen atoms in total. The summed E-state index contributed by atoms with van der Waals surface area (Å²) in [6.07, 6.45) is 0. The topological polar surface area (TPSA) is 41.6 Å². The maximum atomic E-state index is 12.9. The maximum Gasteiger partial charge on any atom is 0.246 e. The van der Waals surface area contributed by atoms with Crippen LogP contribution in [0.3, 0.4) is 0 Å². The number of rotatable bonds is 4. The molecule has 1 amide bonds. The predicted molar refractivity (Wildman–Crippen MR) is 96.7 cm³/mol. The van der Waals surface area contributed by atoms with Crippen molar-refractivity contribution in [3.8, 4) is 0 Å². The average Bonchev–Trinajstić information content (AvgIpc) is 2.60. The molecule has 1 fully saturated rings. The van der Waals surface area contributed by atoms with Crippen LogP contribution in [0.4, 0.5) is 5.69 Å². The molecule has 1 N–H and O–H groups in total. The molecule has 1 heterocycles. The Labute approximate surface area is 151 Å². The fourth-order valence-corrected chi connectivity index (χ4v) is 3.00. The third-order valence-electron chi connectivity index (χ3n) is 3.96. The number of carbonyl (C=O) groups excluding carboxylic acids is 1. The number of hydrogen-bond donors (Lipinski definition) is 1. The lowest BCUT2D eigenvalue weighted by atomic mass is 10.0. The average molecular weight is 365 g/mol. The Hall–Kier alpha value is -1.59. The molecule has 6 heteroatoms. The van der Waals surface area contributed by atoms with Crippen molar-refractivity contribution < 1.29 is 9.53 Å². The van der Waals surface area contributed by atoms with Crippen LogP contribution in [0, 0.1) is 0 Å². The molecule has 0 aromatic heterocycles. The molecule has 3 rings (SSSR count). The Kier molecular flexibility index (Phi) is 5.74. The zero-order valence-corrected chi connectivity index (χ0v) is 14.6. The molecule has 1 saturated heterocycles. The molecule has 1 aliphatic heterocycles. The summed E-state index contributed by atoms with van der Waals surface area (Å²) in [5, 5.41) is 4.25. The van der Waals surface area contributed by atoms with Crippen molar-refractivity contribution in [2.45, 2.75) is 6.04 Å². The van der Waals surface area contributed by atoms with Gasteiger partial charge < -0.3 is 10.1 Å². The highest BCUT2D eigenvalue weighted by molar-refractivity contribution is 6.30. The quantitative estimate of drug-likeness (QED) is 0.890. The summed E-state index contributed by atoms with van der Waals surface area (Å²) in [5.74, 6) is -0.0819. The third-order valence-corrected chi connectivity index (χ3v) is 4.46. The van der Waals surface area contributed by atoms with E-state index in [4.69, 9.17) is 27.9 Å². The summed E-state index contributed by atoms with van der Waals surface area (Å²) >= 11 is 11.9. The van der Waals surface area contributed by atoms with E-state index in [0.29, 0.717) is 36.3 Å². The van der Waals surface area contributed by atoms with E-state index in [-0.39, 0.29) is 11.9 Å². The molecule has 2 aromatic rings. The fourth-order valence-electron chi connectivity index (χ4n) is 2.75. The number of carbonyl (C=O) groups is 1. The van der Waals surface area contributed by atoms with Crippen molar-refractivity contribution in [1.82, 2.24) is 4.90 Å². The van der Waals surface area contributed by atoms with Gasteiger partial charge in [-0.3, -0.25) is 9.69 Å². The van der Waals surface area contributed by atoms with E-state index in [1.54, 1.807) is 36.4 Å². The largest absolute Gasteiger partial charge is 0.379 e. The minimum absolute atomic E-state index is 0.0819. The summed E-state index contributed by atoms with van der Waals surface area (Å²) in [5.41, 5.74) is 1.63. The van der Waals surface area contributed by atoms with Crippen LogP contribution in [0.1, 0.15) is 11.6 Å². The molecule has 0 aliphatic carbocycles. The van der Waals surface area contributed by atoms with E-state index >= 15 is 0 Å².